The molecule has 0 bridgehead atoms. The van der Waals surface area contributed by atoms with Gasteiger partial charge in [0.15, 0.2) is 0 Å². The molecule has 0 aliphatic carbocycles. The number of furan rings is 2. The maximum absolute atomic E-state index is 7.48. The lowest BCUT2D eigenvalue weighted by Gasteiger charge is -2.15. The molecule has 2 heterocycles. The molecule has 0 fully saturated rings. The normalized spacial score (nSPS) is 11.5. The average molecular weight is 943 g/mol. The molecule has 2 aromatic heterocycles. The summed E-state index contributed by atoms with van der Waals surface area (Å²) >= 11 is 0. The molecular weight excluding hydrogens is 897 g/mol. The summed E-state index contributed by atoms with van der Waals surface area (Å²) in [5.74, 6) is 1.65. The van der Waals surface area contributed by atoms with Gasteiger partial charge in [0.25, 0.3) is 0 Å². The standard InChI is InChI=1S/C72H46O2/c1-6-19-47(20-7-1)48-33-35-49(36-34-48)50-37-39-53(40-38-50)61-45-63-65(55-22-8-2-9-23-55)69(57-26-12-4-13-27-57)74-72(63)68-62(54-43-41-52(42-44-54)60-32-18-30-51-21-16-17-31-59(51)60)46-64-66(56-24-10-3-11-25-56)70(73-71(64)67(61)68)58-28-14-5-15-29-58/h1-46H. The van der Waals surface area contributed by atoms with Crippen LogP contribution in [-0.2, 0) is 0 Å². The highest BCUT2D eigenvalue weighted by Gasteiger charge is 2.29. The second-order valence-electron chi connectivity index (χ2n) is 19.1. The van der Waals surface area contributed by atoms with Crippen molar-refractivity contribution in [1.29, 1.82) is 0 Å². The van der Waals surface area contributed by atoms with E-state index in [4.69, 9.17) is 8.83 Å². The average Bonchev–Trinajstić information content (AvgIpc) is 4.08. The van der Waals surface area contributed by atoms with E-state index in [9.17, 15) is 0 Å². The highest BCUT2D eigenvalue weighted by Crippen LogP contribution is 2.53. The lowest BCUT2D eigenvalue weighted by atomic mass is 9.86. The van der Waals surface area contributed by atoms with Crippen LogP contribution in [0.3, 0.4) is 0 Å². The summed E-state index contributed by atoms with van der Waals surface area (Å²) in [6.07, 6.45) is 0. The molecule has 0 amide bonds. The maximum Gasteiger partial charge on any atom is 0.144 e. The first-order chi connectivity index (χ1) is 36.7. The Hall–Kier alpha value is -9.76. The molecule has 14 aromatic rings. The molecule has 0 spiro atoms. The Balaban J connectivity index is 1.09. The first-order valence-corrected chi connectivity index (χ1v) is 25.3. The van der Waals surface area contributed by atoms with Gasteiger partial charge in [-0.1, -0.05) is 267 Å². The largest absolute Gasteiger partial charge is 0.455 e. The summed E-state index contributed by atoms with van der Waals surface area (Å²) in [4.78, 5) is 0. The van der Waals surface area contributed by atoms with Crippen molar-refractivity contribution < 1.29 is 8.83 Å². The number of hydrogen-bond donors (Lipinski definition) is 0. The predicted molar refractivity (Wildman–Crippen MR) is 310 cm³/mol. The van der Waals surface area contributed by atoms with Crippen LogP contribution in [0, 0.1) is 0 Å². The fraction of sp³-hybridized carbons (Fsp3) is 0. The van der Waals surface area contributed by atoms with Gasteiger partial charge in [0.2, 0.25) is 0 Å². The zero-order valence-electron chi connectivity index (χ0n) is 40.4. The number of hydrogen-bond acceptors (Lipinski definition) is 2. The lowest BCUT2D eigenvalue weighted by molar-refractivity contribution is 0.633. The van der Waals surface area contributed by atoms with Crippen LogP contribution in [-0.4, -0.2) is 0 Å². The molecule has 0 N–H and O–H groups in total. The van der Waals surface area contributed by atoms with Gasteiger partial charge in [-0.15, -0.1) is 0 Å². The van der Waals surface area contributed by atoms with Gasteiger partial charge in [0.05, 0.1) is 0 Å². The second-order valence-corrected chi connectivity index (χ2v) is 19.1. The van der Waals surface area contributed by atoms with E-state index in [1.165, 1.54) is 27.5 Å². The minimum absolute atomic E-state index is 0.810. The van der Waals surface area contributed by atoms with Crippen LogP contribution in [0.4, 0.5) is 0 Å². The van der Waals surface area contributed by atoms with Crippen LogP contribution in [0.25, 0.3) is 144 Å². The van der Waals surface area contributed by atoms with Gasteiger partial charge in [-0.2, -0.15) is 0 Å². The first kappa shape index (κ1) is 43.1. The molecule has 346 valence electrons. The number of benzene rings is 12. The Bertz CT molecular complexity index is 4280. The Morgan fingerprint density at radius 1 is 0.203 bits per heavy atom. The van der Waals surface area contributed by atoms with Crippen molar-refractivity contribution in [2.45, 2.75) is 0 Å². The molecule has 0 aliphatic rings. The summed E-state index contributed by atoms with van der Waals surface area (Å²) < 4.78 is 15.0. The minimum Gasteiger partial charge on any atom is -0.455 e. The van der Waals surface area contributed by atoms with E-state index in [2.05, 4.69) is 279 Å². The highest BCUT2D eigenvalue weighted by molar-refractivity contribution is 6.29. The number of fused-ring (bicyclic) bond motifs is 6. The smallest absolute Gasteiger partial charge is 0.144 e. The highest BCUT2D eigenvalue weighted by atomic mass is 16.3. The summed E-state index contributed by atoms with van der Waals surface area (Å²) in [7, 11) is 0. The molecule has 2 nitrogen and oxygen atoms in total. The van der Waals surface area contributed by atoms with Crippen molar-refractivity contribution in [3.63, 3.8) is 0 Å². The third-order valence-corrected chi connectivity index (χ3v) is 14.7. The fourth-order valence-electron chi connectivity index (χ4n) is 11.2. The predicted octanol–water partition coefficient (Wildman–Crippen LogP) is 20.5. The van der Waals surface area contributed by atoms with E-state index in [-0.39, 0.29) is 0 Å². The molecule has 2 heteroatoms. The molecular formula is C72H46O2. The molecule has 0 unspecified atom stereocenters. The molecule has 0 atom stereocenters. The summed E-state index contributed by atoms with van der Waals surface area (Å²) in [6, 6.07) is 100.0. The van der Waals surface area contributed by atoms with E-state index in [1.807, 2.05) is 0 Å². The van der Waals surface area contributed by atoms with E-state index in [0.29, 0.717) is 0 Å². The first-order valence-electron chi connectivity index (χ1n) is 25.3. The van der Waals surface area contributed by atoms with Crippen molar-refractivity contribution in [2.75, 3.05) is 0 Å². The summed E-state index contributed by atoms with van der Waals surface area (Å²) in [5, 5.41) is 6.51. The SMILES string of the molecule is c1ccc(-c2ccc(-c3ccc(-c4cc5c(-c6ccccc6)c(-c6ccccc6)oc5c5c(-c6ccc(-c7cccc8ccccc78)cc6)cc6c(-c7ccccc7)c(-c7ccccc7)oc6c45)cc3)cc2)cc1. The van der Waals surface area contributed by atoms with Gasteiger partial charge in [0, 0.05) is 43.8 Å². The quantitative estimate of drug-likeness (QED) is 0.144. The monoisotopic (exact) mass is 942 g/mol. The van der Waals surface area contributed by atoms with E-state index >= 15 is 0 Å². The van der Waals surface area contributed by atoms with Crippen LogP contribution in [0.2, 0.25) is 0 Å². The zero-order valence-corrected chi connectivity index (χ0v) is 40.4. The van der Waals surface area contributed by atoms with Gasteiger partial charge in [-0.3, -0.25) is 0 Å². The Morgan fingerprint density at radius 2 is 0.514 bits per heavy atom. The van der Waals surface area contributed by atoms with Crippen molar-refractivity contribution >= 4 is 43.5 Å². The van der Waals surface area contributed by atoms with Crippen LogP contribution in [0.5, 0.6) is 0 Å². The van der Waals surface area contributed by atoms with Crippen molar-refractivity contribution in [3.05, 3.63) is 279 Å². The number of rotatable bonds is 9. The van der Waals surface area contributed by atoms with E-state index in [1.54, 1.807) is 0 Å². The van der Waals surface area contributed by atoms with Gasteiger partial charge in [-0.05, 0) is 89.7 Å². The Kier molecular flexibility index (Phi) is 10.6. The van der Waals surface area contributed by atoms with Crippen LogP contribution >= 0.6 is 0 Å². The fourth-order valence-corrected chi connectivity index (χ4v) is 11.2. The Labute approximate surface area is 429 Å². The molecule has 0 radical (unpaired) electrons. The van der Waals surface area contributed by atoms with Crippen molar-refractivity contribution in [3.8, 4) is 101 Å². The summed E-state index contributed by atoms with van der Waals surface area (Å²) in [5.41, 5.74) is 19.3. The zero-order chi connectivity index (χ0) is 49.0. The minimum atomic E-state index is 0.810. The molecule has 12 aromatic carbocycles. The van der Waals surface area contributed by atoms with Gasteiger partial charge in [0.1, 0.15) is 22.7 Å². The van der Waals surface area contributed by atoms with Crippen LogP contribution in [0.15, 0.2) is 288 Å². The van der Waals surface area contributed by atoms with Crippen LogP contribution < -0.4 is 0 Å². The Morgan fingerprint density at radius 3 is 0.932 bits per heavy atom. The van der Waals surface area contributed by atoms with Crippen LogP contribution in [0.1, 0.15) is 0 Å². The van der Waals surface area contributed by atoms with Crippen molar-refractivity contribution in [2.24, 2.45) is 0 Å². The van der Waals surface area contributed by atoms with Gasteiger partial charge >= 0.3 is 0 Å². The third kappa shape index (κ3) is 7.43. The summed E-state index contributed by atoms with van der Waals surface area (Å²) in [6.45, 7) is 0. The maximum atomic E-state index is 7.48. The van der Waals surface area contributed by atoms with E-state index < -0.39 is 0 Å². The molecule has 0 aliphatic heterocycles. The molecule has 74 heavy (non-hydrogen) atoms. The van der Waals surface area contributed by atoms with Gasteiger partial charge in [-0.25, -0.2) is 0 Å². The second kappa shape index (κ2) is 18.1. The van der Waals surface area contributed by atoms with E-state index in [0.717, 1.165) is 117 Å². The molecule has 0 saturated carbocycles. The van der Waals surface area contributed by atoms with Crippen molar-refractivity contribution in [1.82, 2.24) is 0 Å². The molecule has 14 rings (SSSR count). The topological polar surface area (TPSA) is 26.3 Å². The third-order valence-electron chi connectivity index (χ3n) is 14.7. The lowest BCUT2D eigenvalue weighted by Crippen LogP contribution is -1.90. The molecule has 0 saturated heterocycles. The van der Waals surface area contributed by atoms with Gasteiger partial charge < -0.3 is 8.83 Å².